The molecule has 4 nitrogen and oxygen atoms in total. The maximum atomic E-state index is 5.83. The Balaban J connectivity index is 1.68. The highest BCUT2D eigenvalue weighted by molar-refractivity contribution is 5.81. The van der Waals surface area contributed by atoms with Crippen molar-refractivity contribution in [3.05, 3.63) is 59.8 Å². The molecule has 1 aliphatic heterocycles. The van der Waals surface area contributed by atoms with Gasteiger partial charge in [0.05, 0.1) is 11.2 Å². The molecule has 2 aromatic carbocycles. The molecule has 0 aliphatic carbocycles. The molecule has 0 spiro atoms. The van der Waals surface area contributed by atoms with E-state index in [4.69, 9.17) is 10.8 Å². The van der Waals surface area contributed by atoms with Gasteiger partial charge in [0.1, 0.15) is 0 Å². The predicted octanol–water partition coefficient (Wildman–Crippen LogP) is 3.13. The Hall–Kier alpha value is -2.17. The monoisotopic (exact) mass is 320 g/mol. The van der Waals surface area contributed by atoms with Gasteiger partial charge in [-0.2, -0.15) is 5.10 Å². The molecule has 0 saturated carbocycles. The van der Waals surface area contributed by atoms with Crippen molar-refractivity contribution < 1.29 is 0 Å². The van der Waals surface area contributed by atoms with E-state index in [9.17, 15) is 0 Å². The number of aromatic nitrogens is 2. The number of nitrogens with zero attached hydrogens (tertiary/aromatic N) is 2. The van der Waals surface area contributed by atoms with Crippen molar-refractivity contribution in [3.63, 3.8) is 0 Å². The van der Waals surface area contributed by atoms with Crippen LogP contribution >= 0.6 is 0 Å². The second-order valence-electron chi connectivity index (χ2n) is 7.02. The van der Waals surface area contributed by atoms with E-state index in [1.165, 1.54) is 18.4 Å². The lowest BCUT2D eigenvalue weighted by atomic mass is 9.76. The van der Waals surface area contributed by atoms with Gasteiger partial charge in [-0.15, -0.1) is 0 Å². The van der Waals surface area contributed by atoms with E-state index in [0.29, 0.717) is 6.54 Å². The second kappa shape index (κ2) is 6.04. The minimum atomic E-state index is 0.234. The fourth-order valence-electron chi connectivity index (χ4n) is 3.72. The highest BCUT2D eigenvalue weighted by Gasteiger charge is 2.28. The summed E-state index contributed by atoms with van der Waals surface area (Å²) in [6.07, 6.45) is 4.56. The van der Waals surface area contributed by atoms with E-state index in [1.807, 2.05) is 16.8 Å². The van der Waals surface area contributed by atoms with Crippen molar-refractivity contribution in [2.24, 2.45) is 5.73 Å². The second-order valence-corrected chi connectivity index (χ2v) is 7.02. The first kappa shape index (κ1) is 15.4. The Bertz CT molecular complexity index is 842. The Morgan fingerprint density at radius 1 is 1.21 bits per heavy atom. The molecule has 0 amide bonds. The normalized spacial score (nSPS) is 21.2. The number of hydrogen-bond acceptors (Lipinski definition) is 3. The summed E-state index contributed by atoms with van der Waals surface area (Å²) >= 11 is 0. The van der Waals surface area contributed by atoms with Gasteiger partial charge < -0.3 is 11.1 Å². The van der Waals surface area contributed by atoms with Crippen molar-refractivity contribution in [1.29, 1.82) is 0 Å². The Morgan fingerprint density at radius 2 is 2.04 bits per heavy atom. The minimum Gasteiger partial charge on any atom is -0.326 e. The number of hydrogen-bond donors (Lipinski definition) is 2. The van der Waals surface area contributed by atoms with E-state index >= 15 is 0 Å². The van der Waals surface area contributed by atoms with E-state index in [2.05, 4.69) is 48.8 Å². The minimum absolute atomic E-state index is 0.234. The molecule has 4 heteroatoms. The van der Waals surface area contributed by atoms with Crippen molar-refractivity contribution in [1.82, 2.24) is 15.1 Å². The Labute approximate surface area is 142 Å². The van der Waals surface area contributed by atoms with Gasteiger partial charge in [-0.25, -0.2) is 4.68 Å². The molecule has 1 saturated heterocycles. The van der Waals surface area contributed by atoms with E-state index in [1.54, 1.807) is 0 Å². The zero-order valence-electron chi connectivity index (χ0n) is 14.1. The zero-order chi connectivity index (χ0) is 16.6. The third-order valence-corrected chi connectivity index (χ3v) is 5.27. The van der Waals surface area contributed by atoms with Crippen LogP contribution in [-0.2, 0) is 12.0 Å². The first-order valence-corrected chi connectivity index (χ1v) is 8.69. The largest absolute Gasteiger partial charge is 0.326 e. The van der Waals surface area contributed by atoms with E-state index < -0.39 is 0 Å². The van der Waals surface area contributed by atoms with Crippen LogP contribution in [0.25, 0.3) is 16.6 Å². The van der Waals surface area contributed by atoms with Gasteiger partial charge in [0.2, 0.25) is 0 Å². The number of benzene rings is 2. The van der Waals surface area contributed by atoms with Crippen LogP contribution in [0, 0.1) is 0 Å². The van der Waals surface area contributed by atoms with E-state index in [0.717, 1.165) is 35.2 Å². The van der Waals surface area contributed by atoms with Crippen LogP contribution in [0.15, 0.2) is 48.7 Å². The molecule has 1 unspecified atom stereocenters. The van der Waals surface area contributed by atoms with E-state index in [-0.39, 0.29) is 5.41 Å². The quantitative estimate of drug-likeness (QED) is 0.779. The molecule has 24 heavy (non-hydrogen) atoms. The molecule has 1 atom stereocenters. The summed E-state index contributed by atoms with van der Waals surface area (Å²) in [5.74, 6) is 0. The van der Waals surface area contributed by atoms with Gasteiger partial charge in [-0.3, -0.25) is 0 Å². The highest BCUT2D eigenvalue weighted by atomic mass is 15.3. The lowest BCUT2D eigenvalue weighted by molar-refractivity contribution is 0.339. The molecule has 4 rings (SSSR count). The lowest BCUT2D eigenvalue weighted by Crippen LogP contribution is -2.41. The van der Waals surface area contributed by atoms with Crippen LogP contribution in [0.1, 0.15) is 30.9 Å². The zero-order valence-corrected chi connectivity index (χ0v) is 14.1. The molecule has 3 aromatic rings. The highest BCUT2D eigenvalue weighted by Crippen LogP contribution is 2.31. The van der Waals surface area contributed by atoms with Gasteiger partial charge in [0.25, 0.3) is 0 Å². The molecule has 0 bridgehead atoms. The fourth-order valence-corrected chi connectivity index (χ4v) is 3.72. The Morgan fingerprint density at radius 3 is 2.75 bits per heavy atom. The first-order chi connectivity index (χ1) is 11.7. The summed E-state index contributed by atoms with van der Waals surface area (Å²) in [4.78, 5) is 0. The molecule has 1 aliphatic rings. The number of nitrogens with two attached hydrogens (primary N) is 1. The predicted molar refractivity (Wildman–Crippen MR) is 98.4 cm³/mol. The Kier molecular flexibility index (Phi) is 3.87. The van der Waals surface area contributed by atoms with Gasteiger partial charge in [-0.1, -0.05) is 37.3 Å². The topological polar surface area (TPSA) is 55.9 Å². The van der Waals surface area contributed by atoms with Crippen LogP contribution < -0.4 is 11.1 Å². The lowest BCUT2D eigenvalue weighted by Gasteiger charge is -2.34. The maximum absolute atomic E-state index is 5.83. The van der Waals surface area contributed by atoms with Crippen LogP contribution in [0.2, 0.25) is 0 Å². The number of rotatable bonds is 3. The molecule has 1 fully saturated rings. The summed E-state index contributed by atoms with van der Waals surface area (Å²) in [5, 5.41) is 9.39. The van der Waals surface area contributed by atoms with Crippen molar-refractivity contribution in [2.75, 3.05) is 13.1 Å². The first-order valence-electron chi connectivity index (χ1n) is 8.69. The maximum Gasteiger partial charge on any atom is 0.0972 e. The van der Waals surface area contributed by atoms with Crippen molar-refractivity contribution >= 4 is 10.9 Å². The summed E-state index contributed by atoms with van der Waals surface area (Å²) in [6.45, 7) is 5.05. The molecular formula is C20H24N4. The van der Waals surface area contributed by atoms with Gasteiger partial charge in [0, 0.05) is 30.1 Å². The third-order valence-electron chi connectivity index (χ3n) is 5.27. The molecule has 124 valence electrons. The fraction of sp³-hybridized carbons (Fsp3) is 0.350. The smallest absolute Gasteiger partial charge is 0.0972 e. The SMILES string of the molecule is CC1(c2ccc(-n3cc4cccc(CN)c4n3)cc2)CCCNC1. The average molecular weight is 320 g/mol. The molecule has 1 aromatic heterocycles. The third kappa shape index (κ3) is 2.62. The van der Waals surface area contributed by atoms with Gasteiger partial charge in [-0.05, 0) is 42.6 Å². The van der Waals surface area contributed by atoms with Gasteiger partial charge in [0.15, 0.2) is 0 Å². The molecule has 2 heterocycles. The van der Waals surface area contributed by atoms with Crippen LogP contribution in [0.5, 0.6) is 0 Å². The van der Waals surface area contributed by atoms with Crippen molar-refractivity contribution in [3.8, 4) is 5.69 Å². The molecule has 0 radical (unpaired) electrons. The number of piperidine rings is 1. The summed E-state index contributed by atoms with van der Waals surface area (Å²) in [6, 6.07) is 15.0. The van der Waals surface area contributed by atoms with Gasteiger partial charge >= 0.3 is 0 Å². The number of fused-ring (bicyclic) bond motifs is 1. The molecular weight excluding hydrogens is 296 g/mol. The molecule has 3 N–H and O–H groups in total. The summed E-state index contributed by atoms with van der Waals surface area (Å²) in [5.41, 5.74) is 10.6. The van der Waals surface area contributed by atoms with Crippen LogP contribution in [-0.4, -0.2) is 22.9 Å². The van der Waals surface area contributed by atoms with Crippen LogP contribution in [0.4, 0.5) is 0 Å². The average Bonchev–Trinajstić information content (AvgIpc) is 3.07. The summed E-state index contributed by atoms with van der Waals surface area (Å²) < 4.78 is 1.95. The van der Waals surface area contributed by atoms with Crippen LogP contribution in [0.3, 0.4) is 0 Å². The number of nitrogens with one attached hydrogen (secondary N) is 1. The van der Waals surface area contributed by atoms with Crippen molar-refractivity contribution in [2.45, 2.75) is 31.7 Å². The standard InChI is InChI=1S/C20H24N4/c1-20(10-3-11-22-14-20)17-6-8-18(9-7-17)24-13-16-5-2-4-15(12-21)19(16)23-24/h2,4-9,13,22H,3,10-12,14,21H2,1H3. The summed E-state index contributed by atoms with van der Waals surface area (Å²) in [7, 11) is 0.